The van der Waals surface area contributed by atoms with Crippen LogP contribution < -0.4 is 4.74 Å². The summed E-state index contributed by atoms with van der Waals surface area (Å²) in [6.07, 6.45) is 0.323. The van der Waals surface area contributed by atoms with Gasteiger partial charge in [0.25, 0.3) is 0 Å². The molecular weight excluding hydrogens is 310 g/mol. The van der Waals surface area contributed by atoms with Crippen molar-refractivity contribution < 1.29 is 14.6 Å². The van der Waals surface area contributed by atoms with Crippen LogP contribution in [0.25, 0.3) is 0 Å². The van der Waals surface area contributed by atoms with Crippen molar-refractivity contribution in [2.24, 2.45) is 0 Å². The van der Waals surface area contributed by atoms with Gasteiger partial charge in [-0.05, 0) is 54.5 Å². The van der Waals surface area contributed by atoms with Gasteiger partial charge in [-0.1, -0.05) is 0 Å². The Bertz CT molecular complexity index is 435. The van der Waals surface area contributed by atoms with E-state index in [2.05, 4.69) is 15.9 Å². The Morgan fingerprint density at radius 3 is 2.74 bits per heavy atom. The number of nitrogens with zero attached hydrogens (tertiary/aromatic N) is 1. The number of methoxy groups -OCH3 is 1. The number of benzene rings is 1. The van der Waals surface area contributed by atoms with Crippen LogP contribution in [0.4, 0.5) is 0 Å². The Morgan fingerprint density at radius 2 is 2.21 bits per heavy atom. The number of rotatable bonds is 7. The maximum atomic E-state index is 12.1. The summed E-state index contributed by atoms with van der Waals surface area (Å²) in [5.74, 6) is 0.760. The average molecular weight is 330 g/mol. The molecule has 0 heterocycles. The quantitative estimate of drug-likeness (QED) is 0.780. The molecule has 0 aromatic heterocycles. The summed E-state index contributed by atoms with van der Waals surface area (Å²) in [6, 6.07) is 5.30. The summed E-state index contributed by atoms with van der Waals surface area (Å²) >= 11 is 3.37. The standard InChI is InChI=1S/C14H20BrNO3/c1-10(17)6-7-16(2)9-13(18)11-4-5-14(19-3)12(15)8-11/h4-5,8,10,17H,6-7,9H2,1-3H3. The summed E-state index contributed by atoms with van der Waals surface area (Å²) in [7, 11) is 3.46. The second-order valence-corrected chi connectivity index (χ2v) is 5.50. The Hall–Kier alpha value is -0.910. The van der Waals surface area contributed by atoms with Crippen molar-refractivity contribution in [3.8, 4) is 5.75 Å². The fourth-order valence-corrected chi connectivity index (χ4v) is 2.20. The highest BCUT2D eigenvalue weighted by Gasteiger charge is 2.12. The lowest BCUT2D eigenvalue weighted by Crippen LogP contribution is -2.28. The summed E-state index contributed by atoms with van der Waals surface area (Å²) in [5.41, 5.74) is 0.650. The molecule has 4 nitrogen and oxygen atoms in total. The molecule has 0 radical (unpaired) electrons. The zero-order valence-corrected chi connectivity index (χ0v) is 13.1. The Kier molecular flexibility index (Phi) is 6.48. The predicted octanol–water partition coefficient (Wildman–Crippen LogP) is 2.34. The van der Waals surface area contributed by atoms with Gasteiger partial charge in [0.2, 0.25) is 0 Å². The molecule has 0 fully saturated rings. The number of halogens is 1. The molecule has 1 N–H and O–H groups in total. The zero-order chi connectivity index (χ0) is 14.4. The lowest BCUT2D eigenvalue weighted by Gasteiger charge is -2.16. The zero-order valence-electron chi connectivity index (χ0n) is 11.5. The van der Waals surface area contributed by atoms with E-state index in [0.717, 1.165) is 4.47 Å². The minimum absolute atomic E-state index is 0.0523. The van der Waals surface area contributed by atoms with E-state index in [1.807, 2.05) is 11.9 Å². The number of hydrogen-bond donors (Lipinski definition) is 1. The first-order valence-electron chi connectivity index (χ1n) is 6.17. The minimum atomic E-state index is -0.340. The maximum Gasteiger partial charge on any atom is 0.176 e. The van der Waals surface area contributed by atoms with E-state index in [9.17, 15) is 9.90 Å². The van der Waals surface area contributed by atoms with Crippen LogP contribution >= 0.6 is 15.9 Å². The number of hydrogen-bond acceptors (Lipinski definition) is 4. The maximum absolute atomic E-state index is 12.1. The van der Waals surface area contributed by atoms with Crippen LogP contribution in [0.15, 0.2) is 22.7 Å². The normalized spacial score (nSPS) is 12.5. The highest BCUT2D eigenvalue weighted by molar-refractivity contribution is 9.10. The van der Waals surface area contributed by atoms with E-state index < -0.39 is 0 Å². The van der Waals surface area contributed by atoms with Crippen molar-refractivity contribution in [1.82, 2.24) is 4.90 Å². The third-order valence-electron chi connectivity index (χ3n) is 2.82. The predicted molar refractivity (Wildman–Crippen MR) is 78.8 cm³/mol. The Balaban J connectivity index is 2.60. The third-order valence-corrected chi connectivity index (χ3v) is 3.44. The number of aliphatic hydroxyl groups is 1. The number of aliphatic hydroxyl groups excluding tert-OH is 1. The average Bonchev–Trinajstić information content (AvgIpc) is 2.36. The number of ketones is 1. The van der Waals surface area contributed by atoms with E-state index in [0.29, 0.717) is 30.8 Å². The highest BCUT2D eigenvalue weighted by atomic mass is 79.9. The van der Waals surface area contributed by atoms with E-state index in [-0.39, 0.29) is 11.9 Å². The number of likely N-dealkylation sites (N-methyl/N-ethyl adjacent to an activating group) is 1. The third kappa shape index (κ3) is 5.30. The van der Waals surface area contributed by atoms with Crippen molar-refractivity contribution in [3.63, 3.8) is 0 Å². The lowest BCUT2D eigenvalue weighted by molar-refractivity contribution is 0.0931. The van der Waals surface area contributed by atoms with Crippen LogP contribution in [0.5, 0.6) is 5.75 Å². The van der Waals surface area contributed by atoms with Gasteiger partial charge in [-0.15, -0.1) is 0 Å². The number of ether oxygens (including phenoxy) is 1. The molecule has 5 heteroatoms. The lowest BCUT2D eigenvalue weighted by atomic mass is 10.1. The number of carbonyl (C=O) groups is 1. The molecule has 1 aromatic rings. The molecule has 0 spiro atoms. The van der Waals surface area contributed by atoms with Crippen LogP contribution in [0.2, 0.25) is 0 Å². The Morgan fingerprint density at radius 1 is 1.53 bits per heavy atom. The fourth-order valence-electron chi connectivity index (χ4n) is 1.66. The van der Waals surface area contributed by atoms with E-state index in [1.165, 1.54) is 0 Å². The van der Waals surface area contributed by atoms with Gasteiger partial charge in [-0.3, -0.25) is 9.69 Å². The highest BCUT2D eigenvalue weighted by Crippen LogP contribution is 2.25. The van der Waals surface area contributed by atoms with E-state index in [4.69, 9.17) is 4.74 Å². The molecule has 1 rings (SSSR count). The van der Waals surface area contributed by atoms with Crippen molar-refractivity contribution >= 4 is 21.7 Å². The van der Waals surface area contributed by atoms with Crippen molar-refractivity contribution in [2.45, 2.75) is 19.4 Å². The van der Waals surface area contributed by atoms with Crippen molar-refractivity contribution in [2.75, 3.05) is 27.2 Å². The van der Waals surface area contributed by atoms with Gasteiger partial charge in [0.15, 0.2) is 5.78 Å². The summed E-state index contributed by atoms with van der Waals surface area (Å²) < 4.78 is 5.90. The largest absolute Gasteiger partial charge is 0.496 e. The molecule has 0 aliphatic rings. The van der Waals surface area contributed by atoms with Crippen LogP contribution in [0.3, 0.4) is 0 Å². The van der Waals surface area contributed by atoms with Crippen LogP contribution in [-0.2, 0) is 0 Å². The van der Waals surface area contributed by atoms with Crippen molar-refractivity contribution in [3.05, 3.63) is 28.2 Å². The summed E-state index contributed by atoms with van der Waals surface area (Å²) in [4.78, 5) is 14.0. The summed E-state index contributed by atoms with van der Waals surface area (Å²) in [5, 5.41) is 9.21. The first-order valence-corrected chi connectivity index (χ1v) is 6.96. The van der Waals surface area contributed by atoms with E-state index in [1.54, 1.807) is 32.2 Å². The van der Waals surface area contributed by atoms with Gasteiger partial charge in [0.1, 0.15) is 5.75 Å². The molecule has 1 atom stereocenters. The van der Waals surface area contributed by atoms with Crippen LogP contribution in [0.1, 0.15) is 23.7 Å². The number of Topliss-reactive ketones (excluding diaryl/α,β-unsaturated/α-hetero) is 1. The second kappa shape index (κ2) is 7.62. The van der Waals surface area contributed by atoms with Gasteiger partial charge in [-0.25, -0.2) is 0 Å². The molecule has 1 unspecified atom stereocenters. The molecule has 0 aliphatic carbocycles. The van der Waals surface area contributed by atoms with Crippen LogP contribution in [-0.4, -0.2) is 49.1 Å². The molecule has 0 aliphatic heterocycles. The monoisotopic (exact) mass is 329 g/mol. The first kappa shape index (κ1) is 16.1. The number of carbonyl (C=O) groups excluding carboxylic acids is 1. The Labute approximate surface area is 122 Å². The molecule has 0 saturated heterocycles. The second-order valence-electron chi connectivity index (χ2n) is 4.65. The van der Waals surface area contributed by atoms with Gasteiger partial charge < -0.3 is 9.84 Å². The molecule has 106 valence electrons. The molecule has 19 heavy (non-hydrogen) atoms. The van der Waals surface area contributed by atoms with E-state index >= 15 is 0 Å². The molecule has 0 saturated carbocycles. The SMILES string of the molecule is COc1ccc(C(=O)CN(C)CCC(C)O)cc1Br. The summed E-state index contributed by atoms with van der Waals surface area (Å²) in [6.45, 7) is 2.78. The molecule has 1 aromatic carbocycles. The molecule has 0 amide bonds. The molecule has 0 bridgehead atoms. The van der Waals surface area contributed by atoms with Gasteiger partial charge >= 0.3 is 0 Å². The van der Waals surface area contributed by atoms with Gasteiger partial charge in [0, 0.05) is 12.1 Å². The smallest absolute Gasteiger partial charge is 0.176 e. The van der Waals surface area contributed by atoms with Gasteiger partial charge in [-0.2, -0.15) is 0 Å². The topological polar surface area (TPSA) is 49.8 Å². The fraction of sp³-hybridized carbons (Fsp3) is 0.500. The molecular formula is C14H20BrNO3. The first-order chi connectivity index (χ1) is 8.93. The minimum Gasteiger partial charge on any atom is -0.496 e. The van der Waals surface area contributed by atoms with Crippen LogP contribution in [0, 0.1) is 0 Å². The van der Waals surface area contributed by atoms with Crippen molar-refractivity contribution in [1.29, 1.82) is 0 Å². The van der Waals surface area contributed by atoms with Gasteiger partial charge in [0.05, 0.1) is 24.2 Å².